The molecule has 0 saturated carbocycles. The van der Waals surface area contributed by atoms with Crippen LogP contribution < -0.4 is 9.47 Å². The van der Waals surface area contributed by atoms with E-state index in [2.05, 4.69) is 6.92 Å². The minimum atomic E-state index is -2.06. The Morgan fingerprint density at radius 1 is 0.868 bits per heavy atom. The second-order valence-corrected chi connectivity index (χ2v) is 11.8. The third-order valence-corrected chi connectivity index (χ3v) is 6.86. The predicted octanol–water partition coefficient (Wildman–Crippen LogP) is 6.56. The molecule has 0 bridgehead atoms. The van der Waals surface area contributed by atoms with Gasteiger partial charge in [0.2, 0.25) is 0 Å². The topological polar surface area (TPSA) is 83.5 Å². The van der Waals surface area contributed by atoms with E-state index in [4.69, 9.17) is 23.3 Å². The zero-order valence-corrected chi connectivity index (χ0v) is 25.6. The first-order valence-electron chi connectivity index (χ1n) is 14.2. The van der Waals surface area contributed by atoms with Crippen molar-refractivity contribution in [2.75, 3.05) is 54.1 Å². The maximum absolute atomic E-state index is 11.6. The average Bonchev–Trinajstić information content (AvgIpc) is 2.84. The Kier molecular flexibility index (Phi) is 18.6. The van der Waals surface area contributed by atoms with Crippen LogP contribution in [0.15, 0.2) is 18.2 Å². The maximum Gasteiger partial charge on any atom is 0.330 e. The van der Waals surface area contributed by atoms with Crippen molar-refractivity contribution >= 4 is 14.6 Å². The lowest BCUT2D eigenvalue weighted by Gasteiger charge is -2.24. The van der Waals surface area contributed by atoms with Crippen LogP contribution >= 0.6 is 8.60 Å². The molecule has 1 aromatic carbocycles. The highest BCUT2D eigenvalue weighted by molar-refractivity contribution is 7.40. The monoisotopic (exact) mass is 558 g/mol. The molecule has 0 aliphatic carbocycles. The number of rotatable bonds is 23. The number of likely N-dealkylation sites (N-methyl/N-ethyl adjacent to an activating group) is 1. The third-order valence-electron chi connectivity index (χ3n) is 6.08. The number of quaternary nitrogens is 1. The largest absolute Gasteiger partial charge is 0.493 e. The van der Waals surface area contributed by atoms with Crippen LogP contribution in [0.2, 0.25) is 0 Å². The van der Waals surface area contributed by atoms with Crippen molar-refractivity contribution in [2.45, 2.75) is 91.1 Å². The minimum absolute atomic E-state index is 0.0276. The molecule has 38 heavy (non-hydrogen) atoms. The molecule has 0 aliphatic heterocycles. The van der Waals surface area contributed by atoms with E-state index in [1.165, 1.54) is 64.7 Å². The fourth-order valence-corrected chi connectivity index (χ4v) is 4.40. The summed E-state index contributed by atoms with van der Waals surface area (Å²) in [5.74, 6) is 1.01. The number of carbonyl (C=O) groups is 1. The van der Waals surface area contributed by atoms with E-state index in [9.17, 15) is 9.69 Å². The predicted molar refractivity (Wildman–Crippen MR) is 154 cm³/mol. The third kappa shape index (κ3) is 18.0. The van der Waals surface area contributed by atoms with Crippen molar-refractivity contribution in [3.8, 4) is 11.5 Å². The summed E-state index contributed by atoms with van der Waals surface area (Å²) in [6.45, 7) is 7.38. The van der Waals surface area contributed by atoms with Gasteiger partial charge in [-0.15, -0.1) is 0 Å². The summed E-state index contributed by atoms with van der Waals surface area (Å²) in [5, 5.41) is 0. The Morgan fingerprint density at radius 2 is 1.45 bits per heavy atom. The molecule has 1 aromatic rings. The van der Waals surface area contributed by atoms with Gasteiger partial charge in [0.15, 0.2) is 6.10 Å². The van der Waals surface area contributed by atoms with Crippen LogP contribution in [-0.2, 0) is 18.6 Å². The van der Waals surface area contributed by atoms with Gasteiger partial charge in [0, 0.05) is 12.5 Å². The van der Waals surface area contributed by atoms with Crippen LogP contribution in [-0.4, -0.2) is 75.6 Å². The molecule has 1 N–H and O–H groups in total. The van der Waals surface area contributed by atoms with E-state index < -0.39 is 20.7 Å². The summed E-state index contributed by atoms with van der Waals surface area (Å²) in [5.41, 5.74) is 0.898. The Morgan fingerprint density at radius 3 is 2.03 bits per heavy atom. The van der Waals surface area contributed by atoms with Gasteiger partial charge in [-0.3, -0.25) is 4.79 Å². The van der Waals surface area contributed by atoms with Crippen molar-refractivity contribution in [3.63, 3.8) is 0 Å². The Bertz CT molecular complexity index is 757. The molecule has 0 heterocycles. The van der Waals surface area contributed by atoms with Gasteiger partial charge in [0.25, 0.3) is 0 Å². The maximum atomic E-state index is 11.6. The first kappa shape index (κ1) is 34.6. The summed E-state index contributed by atoms with van der Waals surface area (Å²) in [7, 11) is 4.06. The second kappa shape index (κ2) is 20.5. The van der Waals surface area contributed by atoms with E-state index >= 15 is 0 Å². The molecule has 0 aromatic heterocycles. The van der Waals surface area contributed by atoms with Crippen molar-refractivity contribution in [1.82, 2.24) is 0 Å². The van der Waals surface area contributed by atoms with Gasteiger partial charge >= 0.3 is 14.6 Å². The highest BCUT2D eigenvalue weighted by Gasteiger charge is 2.19. The number of esters is 1. The molecule has 220 valence electrons. The smallest absolute Gasteiger partial charge is 0.330 e. The van der Waals surface area contributed by atoms with Crippen LogP contribution in [0.4, 0.5) is 0 Å². The van der Waals surface area contributed by atoms with E-state index in [0.717, 1.165) is 24.3 Å². The summed E-state index contributed by atoms with van der Waals surface area (Å²) in [4.78, 5) is 21.6. The number of hydrogen-bond donors (Lipinski definition) is 1. The quantitative estimate of drug-likeness (QED) is 0.0704. The molecule has 0 radical (unpaired) electrons. The Labute approximate surface area is 232 Å². The number of benzene rings is 1. The van der Waals surface area contributed by atoms with E-state index in [1.54, 1.807) is 0 Å². The van der Waals surface area contributed by atoms with Gasteiger partial charge in [-0.05, 0) is 25.5 Å². The molecular formula is C29H53NO7P+. The summed E-state index contributed by atoms with van der Waals surface area (Å²) >= 11 is 0. The van der Waals surface area contributed by atoms with E-state index in [0.29, 0.717) is 23.4 Å². The molecule has 0 fully saturated rings. The second-order valence-electron chi connectivity index (χ2n) is 10.8. The molecule has 0 amide bonds. The standard InChI is InChI=1S/C29H53NO7P/c1-7-8-9-10-11-12-13-14-15-16-21-33-28-18-17-19-29(25(28)2)34-23-27(37-26(3)31)24-36-38(32)35-22-20-30(4,5)6/h17-19,27,32H,7-16,20-24H2,1-6H3/q+1. The number of ether oxygens (including phenoxy) is 3. The molecule has 0 saturated heterocycles. The average molecular weight is 559 g/mol. The lowest BCUT2D eigenvalue weighted by atomic mass is 10.1. The number of nitrogens with zero attached hydrogens (tertiary/aromatic N) is 1. The van der Waals surface area contributed by atoms with Gasteiger partial charge in [-0.2, -0.15) is 0 Å². The van der Waals surface area contributed by atoms with Gasteiger partial charge < -0.3 is 32.6 Å². The van der Waals surface area contributed by atoms with Gasteiger partial charge in [0.1, 0.15) is 31.3 Å². The number of unbranched alkanes of at least 4 members (excludes halogenated alkanes) is 9. The molecule has 1 rings (SSSR count). The van der Waals surface area contributed by atoms with Crippen LogP contribution in [0.25, 0.3) is 0 Å². The number of hydrogen-bond acceptors (Lipinski definition) is 7. The fraction of sp³-hybridized carbons (Fsp3) is 0.759. The van der Waals surface area contributed by atoms with Crippen molar-refractivity contribution in [1.29, 1.82) is 0 Å². The Balaban J connectivity index is 2.38. The summed E-state index contributed by atoms with van der Waals surface area (Å²) in [6.07, 6.45) is 12.2. The van der Waals surface area contributed by atoms with Gasteiger partial charge in [-0.25, -0.2) is 0 Å². The zero-order valence-electron chi connectivity index (χ0n) is 24.7. The molecule has 2 unspecified atom stereocenters. The molecular weight excluding hydrogens is 505 g/mol. The highest BCUT2D eigenvalue weighted by atomic mass is 31.2. The molecule has 0 spiro atoms. The Hall–Kier alpha value is -1.44. The summed E-state index contributed by atoms with van der Waals surface area (Å²) in [6, 6.07) is 5.70. The number of carbonyl (C=O) groups excluding carboxylic acids is 1. The van der Waals surface area contributed by atoms with Crippen LogP contribution in [0, 0.1) is 6.92 Å². The molecule has 2 atom stereocenters. The zero-order chi connectivity index (χ0) is 28.2. The molecule has 8 nitrogen and oxygen atoms in total. The summed E-state index contributed by atoms with van der Waals surface area (Å²) < 4.78 is 28.7. The van der Waals surface area contributed by atoms with Gasteiger partial charge in [-0.1, -0.05) is 70.8 Å². The van der Waals surface area contributed by atoms with Crippen LogP contribution in [0.3, 0.4) is 0 Å². The highest BCUT2D eigenvalue weighted by Crippen LogP contribution is 2.33. The SMILES string of the molecule is CCCCCCCCCCCCOc1cccc(OCC(COP(O)OCC[N+](C)(C)C)OC(C)=O)c1C. The van der Waals surface area contributed by atoms with Gasteiger partial charge in [0.05, 0.1) is 34.4 Å². The minimum Gasteiger partial charge on any atom is -0.493 e. The van der Waals surface area contributed by atoms with Crippen molar-refractivity contribution in [3.05, 3.63) is 23.8 Å². The van der Waals surface area contributed by atoms with Crippen molar-refractivity contribution < 1.29 is 37.4 Å². The lowest BCUT2D eigenvalue weighted by molar-refractivity contribution is -0.870. The van der Waals surface area contributed by atoms with Crippen molar-refractivity contribution in [2.24, 2.45) is 0 Å². The molecule has 9 heteroatoms. The lowest BCUT2D eigenvalue weighted by Crippen LogP contribution is -2.37. The first-order chi connectivity index (χ1) is 18.1. The van der Waals surface area contributed by atoms with Crippen LogP contribution in [0.1, 0.15) is 83.6 Å². The van der Waals surface area contributed by atoms with E-state index in [-0.39, 0.29) is 13.2 Å². The fourth-order valence-electron chi connectivity index (χ4n) is 3.79. The first-order valence-corrected chi connectivity index (χ1v) is 15.3. The normalized spacial score (nSPS) is 13.2. The molecule has 0 aliphatic rings. The van der Waals surface area contributed by atoms with Crippen LogP contribution in [0.5, 0.6) is 11.5 Å². The van der Waals surface area contributed by atoms with E-state index in [1.807, 2.05) is 46.3 Å².